The molecule has 0 aromatic rings. The van der Waals surface area contributed by atoms with Gasteiger partial charge in [-0.3, -0.25) is 4.99 Å². The van der Waals surface area contributed by atoms with Crippen molar-refractivity contribution in [3.05, 3.63) is 0 Å². The summed E-state index contributed by atoms with van der Waals surface area (Å²) in [6, 6.07) is 0. The zero-order valence-corrected chi connectivity index (χ0v) is 9.29. The Morgan fingerprint density at radius 2 is 2.14 bits per heavy atom. The summed E-state index contributed by atoms with van der Waals surface area (Å²) in [7, 11) is 3.89. The summed E-state index contributed by atoms with van der Waals surface area (Å²) in [5.74, 6) is 1.14. The van der Waals surface area contributed by atoms with E-state index in [1.807, 2.05) is 0 Å². The van der Waals surface area contributed by atoms with Crippen molar-refractivity contribution in [1.29, 1.82) is 0 Å². The van der Waals surface area contributed by atoms with E-state index in [0.29, 0.717) is 0 Å². The molecule has 14 heavy (non-hydrogen) atoms. The van der Waals surface area contributed by atoms with Crippen LogP contribution in [-0.4, -0.2) is 61.7 Å². The number of nitrogens with zero attached hydrogens (tertiary/aromatic N) is 3. The first-order chi connectivity index (χ1) is 6.64. The molecule has 4 heteroatoms. The lowest BCUT2D eigenvalue weighted by Crippen LogP contribution is -2.65. The van der Waals surface area contributed by atoms with E-state index in [0.717, 1.165) is 32.1 Å². The highest BCUT2D eigenvalue weighted by Gasteiger charge is 2.41. The highest BCUT2D eigenvalue weighted by Crippen LogP contribution is 2.25. The number of aliphatic imine (C=N–C) groups is 1. The van der Waals surface area contributed by atoms with Gasteiger partial charge in [0.1, 0.15) is 5.60 Å². The highest BCUT2D eigenvalue weighted by atomic mass is 16.5. The van der Waals surface area contributed by atoms with Crippen LogP contribution in [0.3, 0.4) is 0 Å². The largest absolute Gasteiger partial charge is 0.375 e. The summed E-state index contributed by atoms with van der Waals surface area (Å²) in [5, 5.41) is 0. The predicted molar refractivity (Wildman–Crippen MR) is 56.5 cm³/mol. The van der Waals surface area contributed by atoms with Crippen LogP contribution >= 0.6 is 0 Å². The average molecular weight is 197 g/mol. The first-order valence-corrected chi connectivity index (χ1v) is 5.20. The molecule has 4 nitrogen and oxygen atoms in total. The SMILES string of the molecule is COC1(C)CN(C2=NCCCN2C)C1. The Balaban J connectivity index is 1.95. The summed E-state index contributed by atoms with van der Waals surface area (Å²) >= 11 is 0. The molecule has 0 N–H and O–H groups in total. The molecule has 1 fully saturated rings. The smallest absolute Gasteiger partial charge is 0.196 e. The Labute approximate surface area is 85.5 Å². The lowest BCUT2D eigenvalue weighted by Gasteiger charge is -2.50. The van der Waals surface area contributed by atoms with Crippen LogP contribution in [0.1, 0.15) is 13.3 Å². The van der Waals surface area contributed by atoms with E-state index in [9.17, 15) is 0 Å². The maximum Gasteiger partial charge on any atom is 0.196 e. The fourth-order valence-corrected chi connectivity index (χ4v) is 2.08. The highest BCUT2D eigenvalue weighted by molar-refractivity contribution is 5.81. The monoisotopic (exact) mass is 197 g/mol. The molecule has 0 saturated carbocycles. The minimum atomic E-state index is 0.0425. The second-order valence-electron chi connectivity index (χ2n) is 4.47. The minimum absolute atomic E-state index is 0.0425. The van der Waals surface area contributed by atoms with Gasteiger partial charge in [-0.15, -0.1) is 0 Å². The van der Waals surface area contributed by atoms with Gasteiger partial charge >= 0.3 is 0 Å². The van der Waals surface area contributed by atoms with Gasteiger partial charge in [0.2, 0.25) is 0 Å². The molecule has 2 rings (SSSR count). The van der Waals surface area contributed by atoms with Crippen molar-refractivity contribution < 1.29 is 4.74 Å². The lowest BCUT2D eigenvalue weighted by molar-refractivity contribution is -0.0867. The van der Waals surface area contributed by atoms with E-state index in [-0.39, 0.29) is 5.60 Å². The van der Waals surface area contributed by atoms with Crippen molar-refractivity contribution in [1.82, 2.24) is 9.80 Å². The third kappa shape index (κ3) is 1.59. The van der Waals surface area contributed by atoms with Crippen molar-refractivity contribution >= 4 is 5.96 Å². The molecule has 2 aliphatic heterocycles. The van der Waals surface area contributed by atoms with Crippen LogP contribution in [0.2, 0.25) is 0 Å². The number of methoxy groups -OCH3 is 1. The first kappa shape index (κ1) is 9.77. The van der Waals surface area contributed by atoms with E-state index in [1.165, 1.54) is 6.42 Å². The molecule has 0 amide bonds. The van der Waals surface area contributed by atoms with Crippen LogP contribution in [0.4, 0.5) is 0 Å². The maximum absolute atomic E-state index is 5.41. The molecule has 0 radical (unpaired) electrons. The summed E-state index contributed by atoms with van der Waals surface area (Å²) in [5.41, 5.74) is 0.0425. The predicted octanol–water partition coefficient (Wildman–Crippen LogP) is 0.399. The van der Waals surface area contributed by atoms with Crippen molar-refractivity contribution in [3.8, 4) is 0 Å². The molecule has 0 aliphatic carbocycles. The Hall–Kier alpha value is -0.770. The molecule has 2 aliphatic rings. The normalized spacial score (nSPS) is 25.8. The molecule has 0 spiro atoms. The van der Waals surface area contributed by atoms with Gasteiger partial charge in [-0.05, 0) is 13.3 Å². The first-order valence-electron chi connectivity index (χ1n) is 5.20. The van der Waals surface area contributed by atoms with Gasteiger partial charge in [0, 0.05) is 27.2 Å². The van der Waals surface area contributed by atoms with Crippen molar-refractivity contribution in [2.75, 3.05) is 40.3 Å². The molecule has 80 valence electrons. The molecule has 2 heterocycles. The standard InChI is InChI=1S/C10H19N3O/c1-10(14-3)7-13(8-10)9-11-5-4-6-12(9)2/h4-8H2,1-3H3. The molecular weight excluding hydrogens is 178 g/mol. The Morgan fingerprint density at radius 3 is 2.71 bits per heavy atom. The van der Waals surface area contributed by atoms with Crippen LogP contribution in [0.5, 0.6) is 0 Å². The van der Waals surface area contributed by atoms with Gasteiger partial charge in [0.25, 0.3) is 0 Å². The Kier molecular flexibility index (Phi) is 2.39. The summed E-state index contributed by atoms with van der Waals surface area (Å²) in [6.07, 6.45) is 1.18. The fourth-order valence-electron chi connectivity index (χ4n) is 2.08. The third-order valence-electron chi connectivity index (χ3n) is 3.07. The second kappa shape index (κ2) is 3.42. The number of guanidine groups is 1. The zero-order chi connectivity index (χ0) is 10.2. The average Bonchev–Trinajstić information content (AvgIpc) is 2.14. The molecule has 0 unspecified atom stereocenters. The minimum Gasteiger partial charge on any atom is -0.375 e. The number of rotatable bonds is 1. The van der Waals surface area contributed by atoms with E-state index in [2.05, 4.69) is 28.8 Å². The van der Waals surface area contributed by atoms with Crippen molar-refractivity contribution in [2.24, 2.45) is 4.99 Å². The number of hydrogen-bond donors (Lipinski definition) is 0. The summed E-state index contributed by atoms with van der Waals surface area (Å²) < 4.78 is 5.41. The molecule has 1 saturated heterocycles. The molecular formula is C10H19N3O. The molecule has 0 aromatic heterocycles. The zero-order valence-electron chi connectivity index (χ0n) is 9.29. The lowest BCUT2D eigenvalue weighted by atomic mass is 9.97. The van der Waals surface area contributed by atoms with Gasteiger partial charge in [-0.1, -0.05) is 0 Å². The van der Waals surface area contributed by atoms with Gasteiger partial charge < -0.3 is 14.5 Å². The molecule has 0 bridgehead atoms. The van der Waals surface area contributed by atoms with E-state index < -0.39 is 0 Å². The third-order valence-corrected chi connectivity index (χ3v) is 3.07. The summed E-state index contributed by atoms with van der Waals surface area (Å²) in [6.45, 7) is 6.17. The van der Waals surface area contributed by atoms with E-state index in [1.54, 1.807) is 7.11 Å². The van der Waals surface area contributed by atoms with Gasteiger partial charge in [-0.2, -0.15) is 0 Å². The Bertz CT molecular complexity index is 246. The van der Waals surface area contributed by atoms with Crippen LogP contribution in [0, 0.1) is 0 Å². The van der Waals surface area contributed by atoms with Crippen molar-refractivity contribution in [3.63, 3.8) is 0 Å². The van der Waals surface area contributed by atoms with Crippen LogP contribution in [0.15, 0.2) is 4.99 Å². The number of ether oxygens (including phenoxy) is 1. The topological polar surface area (TPSA) is 28.1 Å². The van der Waals surface area contributed by atoms with Crippen LogP contribution in [-0.2, 0) is 4.74 Å². The second-order valence-corrected chi connectivity index (χ2v) is 4.47. The maximum atomic E-state index is 5.41. The van der Waals surface area contributed by atoms with E-state index in [4.69, 9.17) is 4.74 Å². The molecule has 0 aromatic carbocycles. The van der Waals surface area contributed by atoms with Crippen LogP contribution in [0.25, 0.3) is 0 Å². The van der Waals surface area contributed by atoms with Gasteiger partial charge in [0.15, 0.2) is 5.96 Å². The van der Waals surface area contributed by atoms with E-state index >= 15 is 0 Å². The fraction of sp³-hybridized carbons (Fsp3) is 0.900. The Morgan fingerprint density at radius 1 is 1.43 bits per heavy atom. The van der Waals surface area contributed by atoms with Crippen molar-refractivity contribution in [2.45, 2.75) is 18.9 Å². The van der Waals surface area contributed by atoms with Gasteiger partial charge in [0.05, 0.1) is 13.1 Å². The quantitative estimate of drug-likeness (QED) is 0.609. The number of likely N-dealkylation sites (tertiary alicyclic amines) is 1. The van der Waals surface area contributed by atoms with Gasteiger partial charge in [-0.25, -0.2) is 0 Å². The number of hydrogen-bond acceptors (Lipinski definition) is 4. The van der Waals surface area contributed by atoms with Crippen LogP contribution < -0.4 is 0 Å². The molecule has 0 atom stereocenters. The summed E-state index contributed by atoms with van der Waals surface area (Å²) in [4.78, 5) is 9.07.